The van der Waals surface area contributed by atoms with Gasteiger partial charge in [-0.15, -0.1) is 0 Å². The fraction of sp³-hybridized carbons (Fsp3) is 0.500. The topological polar surface area (TPSA) is 75.7 Å². The van der Waals surface area contributed by atoms with E-state index < -0.39 is 10.0 Å². The van der Waals surface area contributed by atoms with Crippen LogP contribution in [-0.2, 0) is 14.8 Å². The summed E-state index contributed by atoms with van der Waals surface area (Å²) in [5, 5.41) is 2.50. The van der Waals surface area contributed by atoms with Gasteiger partial charge in [0.2, 0.25) is 10.0 Å². The molecule has 116 valence electrons. The Morgan fingerprint density at radius 3 is 2.48 bits per heavy atom. The first-order chi connectivity index (χ1) is 9.86. The third-order valence-corrected chi connectivity index (χ3v) is 5.50. The van der Waals surface area contributed by atoms with Crippen LogP contribution < -0.4 is 5.32 Å². The molecule has 1 aromatic rings. The Kier molecular flexibility index (Phi) is 4.65. The second-order valence-corrected chi connectivity index (χ2v) is 7.06. The van der Waals surface area contributed by atoms with E-state index in [4.69, 9.17) is 4.74 Å². The predicted octanol–water partition coefficient (Wildman–Crippen LogP) is 0.844. The van der Waals surface area contributed by atoms with Gasteiger partial charge in [-0.25, -0.2) is 8.42 Å². The molecule has 0 saturated carbocycles. The van der Waals surface area contributed by atoms with Crippen LogP contribution in [0.2, 0.25) is 0 Å². The quantitative estimate of drug-likeness (QED) is 0.897. The van der Waals surface area contributed by atoms with Crippen molar-refractivity contribution >= 4 is 15.9 Å². The minimum atomic E-state index is -3.57. The summed E-state index contributed by atoms with van der Waals surface area (Å²) in [5.41, 5.74) is 0.430. The maximum atomic E-state index is 12.7. The van der Waals surface area contributed by atoms with Gasteiger partial charge >= 0.3 is 0 Å². The highest BCUT2D eigenvalue weighted by atomic mass is 32.2. The normalized spacial score (nSPS) is 23.8. The standard InChI is InChI=1S/C14H20N2O4S/c1-10-9-20-11(2)8-16(10)21(18,19)13-6-4-12(5-7-13)14(17)15-3/h4-7,10-11H,8-9H2,1-3H3,(H,15,17)/t10-,11-/m1/s1. The van der Waals surface area contributed by atoms with E-state index in [-0.39, 0.29) is 22.9 Å². The van der Waals surface area contributed by atoms with Crippen molar-refractivity contribution in [3.05, 3.63) is 29.8 Å². The van der Waals surface area contributed by atoms with Crippen molar-refractivity contribution in [3.8, 4) is 0 Å². The Morgan fingerprint density at radius 2 is 1.90 bits per heavy atom. The van der Waals surface area contributed by atoms with Crippen LogP contribution in [0.4, 0.5) is 0 Å². The summed E-state index contributed by atoms with van der Waals surface area (Å²) in [4.78, 5) is 11.7. The molecule has 0 aromatic heterocycles. The number of amides is 1. The van der Waals surface area contributed by atoms with Gasteiger partial charge in [0.1, 0.15) is 0 Å². The molecule has 1 saturated heterocycles. The Balaban J connectivity index is 2.28. The van der Waals surface area contributed by atoms with Gasteiger partial charge in [0.05, 0.1) is 17.6 Å². The number of hydrogen-bond acceptors (Lipinski definition) is 4. The average Bonchev–Trinajstić information content (AvgIpc) is 2.49. The van der Waals surface area contributed by atoms with E-state index in [1.165, 1.54) is 35.6 Å². The van der Waals surface area contributed by atoms with Crippen LogP contribution in [0.1, 0.15) is 24.2 Å². The van der Waals surface area contributed by atoms with E-state index in [0.717, 1.165) is 0 Å². The number of morpholine rings is 1. The van der Waals surface area contributed by atoms with Crippen molar-refractivity contribution in [2.24, 2.45) is 0 Å². The zero-order chi connectivity index (χ0) is 15.6. The number of benzene rings is 1. The molecule has 6 nitrogen and oxygen atoms in total. The lowest BCUT2D eigenvalue weighted by Gasteiger charge is -2.35. The van der Waals surface area contributed by atoms with Gasteiger partial charge in [0.25, 0.3) is 5.91 Å². The van der Waals surface area contributed by atoms with Crippen LogP contribution in [0.3, 0.4) is 0 Å². The number of nitrogens with zero attached hydrogens (tertiary/aromatic N) is 1. The third kappa shape index (κ3) is 3.25. The highest BCUT2D eigenvalue weighted by molar-refractivity contribution is 7.89. The minimum Gasteiger partial charge on any atom is -0.375 e. The summed E-state index contributed by atoms with van der Waals surface area (Å²) in [7, 11) is -2.04. The van der Waals surface area contributed by atoms with Gasteiger partial charge in [-0.3, -0.25) is 4.79 Å². The predicted molar refractivity (Wildman–Crippen MR) is 78.6 cm³/mol. The number of rotatable bonds is 3. The molecule has 2 atom stereocenters. The molecule has 1 amide bonds. The number of ether oxygens (including phenoxy) is 1. The largest absolute Gasteiger partial charge is 0.375 e. The van der Waals surface area contributed by atoms with E-state index in [1.807, 2.05) is 13.8 Å². The number of hydrogen-bond donors (Lipinski definition) is 1. The van der Waals surface area contributed by atoms with Gasteiger partial charge in [-0.1, -0.05) is 0 Å². The van der Waals surface area contributed by atoms with Gasteiger partial charge in [0.15, 0.2) is 0 Å². The zero-order valence-electron chi connectivity index (χ0n) is 12.4. The van der Waals surface area contributed by atoms with Crippen LogP contribution in [0.25, 0.3) is 0 Å². The first kappa shape index (κ1) is 15.9. The van der Waals surface area contributed by atoms with Crippen molar-refractivity contribution < 1.29 is 17.9 Å². The Bertz CT molecular complexity index is 612. The van der Waals surface area contributed by atoms with Crippen LogP contribution in [0.15, 0.2) is 29.2 Å². The van der Waals surface area contributed by atoms with Crippen molar-refractivity contribution in [1.82, 2.24) is 9.62 Å². The van der Waals surface area contributed by atoms with E-state index in [1.54, 1.807) is 0 Å². The van der Waals surface area contributed by atoms with Gasteiger partial charge in [-0.05, 0) is 38.1 Å². The molecular weight excluding hydrogens is 292 g/mol. The summed E-state index contributed by atoms with van der Waals surface area (Å²) in [6, 6.07) is 5.75. The molecule has 0 bridgehead atoms. The summed E-state index contributed by atoms with van der Waals surface area (Å²) in [6.07, 6.45) is -0.124. The molecule has 1 aliphatic heterocycles. The van der Waals surface area contributed by atoms with E-state index in [2.05, 4.69) is 5.32 Å². The van der Waals surface area contributed by atoms with Gasteiger partial charge < -0.3 is 10.1 Å². The average molecular weight is 312 g/mol. The van der Waals surface area contributed by atoms with Gasteiger partial charge in [-0.2, -0.15) is 4.31 Å². The molecule has 1 aromatic carbocycles. The fourth-order valence-electron chi connectivity index (χ4n) is 2.27. The SMILES string of the molecule is CNC(=O)c1ccc(S(=O)(=O)N2C[C@@H](C)OC[C@H]2C)cc1. The van der Waals surface area contributed by atoms with Crippen LogP contribution in [-0.4, -0.2) is 51.0 Å². The first-order valence-corrected chi connectivity index (χ1v) is 8.26. The maximum Gasteiger partial charge on any atom is 0.251 e. The monoisotopic (exact) mass is 312 g/mol. The smallest absolute Gasteiger partial charge is 0.251 e. The number of nitrogens with one attached hydrogen (secondary N) is 1. The van der Waals surface area contributed by atoms with Crippen molar-refractivity contribution in [1.29, 1.82) is 0 Å². The molecule has 1 heterocycles. The van der Waals surface area contributed by atoms with E-state index >= 15 is 0 Å². The Hall–Kier alpha value is -1.44. The number of sulfonamides is 1. The zero-order valence-corrected chi connectivity index (χ0v) is 13.2. The van der Waals surface area contributed by atoms with Crippen LogP contribution in [0.5, 0.6) is 0 Å². The van der Waals surface area contributed by atoms with E-state index in [0.29, 0.717) is 18.7 Å². The molecule has 0 spiro atoms. The lowest BCUT2D eigenvalue weighted by atomic mass is 10.2. The van der Waals surface area contributed by atoms with Crippen LogP contribution >= 0.6 is 0 Å². The highest BCUT2D eigenvalue weighted by Gasteiger charge is 2.34. The van der Waals surface area contributed by atoms with Crippen molar-refractivity contribution in [2.75, 3.05) is 20.2 Å². The molecule has 7 heteroatoms. The molecular formula is C14H20N2O4S. The first-order valence-electron chi connectivity index (χ1n) is 6.82. The number of carbonyl (C=O) groups is 1. The Morgan fingerprint density at radius 1 is 1.29 bits per heavy atom. The summed E-state index contributed by atoms with van der Waals surface area (Å²) < 4.78 is 32.2. The summed E-state index contributed by atoms with van der Waals surface area (Å²) in [5.74, 6) is -0.243. The minimum absolute atomic E-state index is 0.124. The molecule has 21 heavy (non-hydrogen) atoms. The highest BCUT2D eigenvalue weighted by Crippen LogP contribution is 2.22. The summed E-state index contributed by atoms with van der Waals surface area (Å²) in [6.45, 7) is 4.39. The Labute approximate surface area is 125 Å². The molecule has 1 fully saturated rings. The van der Waals surface area contributed by atoms with Crippen molar-refractivity contribution in [3.63, 3.8) is 0 Å². The lowest BCUT2D eigenvalue weighted by Crippen LogP contribution is -2.50. The molecule has 0 radical (unpaired) electrons. The molecule has 0 aliphatic carbocycles. The number of carbonyl (C=O) groups excluding carboxylic acids is 1. The molecule has 0 unspecified atom stereocenters. The third-order valence-electron chi connectivity index (χ3n) is 3.50. The molecule has 1 aliphatic rings. The second-order valence-electron chi connectivity index (χ2n) is 5.17. The summed E-state index contributed by atoms with van der Waals surface area (Å²) >= 11 is 0. The van der Waals surface area contributed by atoms with E-state index in [9.17, 15) is 13.2 Å². The fourth-order valence-corrected chi connectivity index (χ4v) is 3.96. The van der Waals surface area contributed by atoms with Crippen LogP contribution in [0, 0.1) is 0 Å². The molecule has 1 N–H and O–H groups in total. The van der Waals surface area contributed by atoms with Crippen molar-refractivity contribution in [2.45, 2.75) is 30.9 Å². The molecule has 2 rings (SSSR count). The van der Waals surface area contributed by atoms with Gasteiger partial charge in [0, 0.05) is 25.2 Å². The second kappa shape index (κ2) is 6.13. The maximum absolute atomic E-state index is 12.7. The lowest BCUT2D eigenvalue weighted by molar-refractivity contribution is -0.0170.